The normalized spacial score (nSPS) is 11.1. The van der Waals surface area contributed by atoms with E-state index in [9.17, 15) is 0 Å². The number of hydrogen-bond acceptors (Lipinski definition) is 1. The fraction of sp³-hybridized carbons (Fsp3) is 0.294. The summed E-state index contributed by atoms with van der Waals surface area (Å²) >= 11 is 9.47. The SMILES string of the molecule is CC(C)c1ccc(CNCc2ccc(Cl)cc2Br)cc1. The third-order valence-electron chi connectivity index (χ3n) is 3.31. The van der Waals surface area contributed by atoms with E-state index in [0.29, 0.717) is 5.92 Å². The van der Waals surface area contributed by atoms with Gasteiger partial charge in [0, 0.05) is 22.6 Å². The maximum atomic E-state index is 5.94. The Hall–Kier alpha value is -0.830. The molecule has 0 atom stereocenters. The lowest BCUT2D eigenvalue weighted by Gasteiger charge is -2.09. The molecule has 0 saturated heterocycles. The molecule has 1 N–H and O–H groups in total. The molecule has 2 aromatic carbocycles. The van der Waals surface area contributed by atoms with E-state index < -0.39 is 0 Å². The number of halogens is 2. The molecule has 0 fully saturated rings. The van der Waals surface area contributed by atoms with Crippen molar-refractivity contribution in [2.24, 2.45) is 0 Å². The lowest BCUT2D eigenvalue weighted by molar-refractivity contribution is 0.691. The van der Waals surface area contributed by atoms with Gasteiger partial charge < -0.3 is 5.32 Å². The van der Waals surface area contributed by atoms with Crippen LogP contribution in [-0.2, 0) is 13.1 Å². The summed E-state index contributed by atoms with van der Waals surface area (Å²) < 4.78 is 1.05. The third kappa shape index (κ3) is 4.34. The summed E-state index contributed by atoms with van der Waals surface area (Å²) in [5.74, 6) is 0.585. The van der Waals surface area contributed by atoms with Crippen LogP contribution in [0.25, 0.3) is 0 Å². The number of rotatable bonds is 5. The van der Waals surface area contributed by atoms with E-state index in [-0.39, 0.29) is 0 Å². The Morgan fingerprint density at radius 2 is 1.75 bits per heavy atom. The maximum Gasteiger partial charge on any atom is 0.0417 e. The molecule has 0 saturated carbocycles. The average Bonchev–Trinajstić information content (AvgIpc) is 2.42. The summed E-state index contributed by atoms with van der Waals surface area (Å²) in [5, 5.41) is 4.21. The van der Waals surface area contributed by atoms with E-state index in [0.717, 1.165) is 22.6 Å². The molecule has 2 rings (SSSR count). The van der Waals surface area contributed by atoms with Crippen molar-refractivity contribution < 1.29 is 0 Å². The summed E-state index contributed by atoms with van der Waals surface area (Å²) in [4.78, 5) is 0. The summed E-state index contributed by atoms with van der Waals surface area (Å²) in [6, 6.07) is 14.7. The fourth-order valence-corrected chi connectivity index (χ4v) is 2.85. The molecule has 0 radical (unpaired) electrons. The average molecular weight is 353 g/mol. The van der Waals surface area contributed by atoms with Gasteiger partial charge in [0.1, 0.15) is 0 Å². The standard InChI is InChI=1S/C17H19BrClN/c1-12(2)14-5-3-13(4-6-14)10-20-11-15-7-8-16(19)9-17(15)18/h3-9,12,20H,10-11H2,1-2H3. The van der Waals surface area contributed by atoms with Crippen molar-refractivity contribution in [3.8, 4) is 0 Å². The Kier molecular flexibility index (Phi) is 5.64. The highest BCUT2D eigenvalue weighted by Gasteiger charge is 2.02. The van der Waals surface area contributed by atoms with Crippen LogP contribution in [0.3, 0.4) is 0 Å². The lowest BCUT2D eigenvalue weighted by Crippen LogP contribution is -2.13. The van der Waals surface area contributed by atoms with E-state index >= 15 is 0 Å². The van der Waals surface area contributed by atoms with Crippen LogP contribution in [0.2, 0.25) is 5.02 Å². The van der Waals surface area contributed by atoms with Gasteiger partial charge in [-0.2, -0.15) is 0 Å². The molecule has 0 bridgehead atoms. The molecule has 2 aromatic rings. The topological polar surface area (TPSA) is 12.0 Å². The predicted octanol–water partition coefficient (Wildman–Crippen LogP) is 5.52. The van der Waals surface area contributed by atoms with E-state index in [2.05, 4.69) is 59.4 Å². The quantitative estimate of drug-likeness (QED) is 0.747. The summed E-state index contributed by atoms with van der Waals surface area (Å²) in [6.45, 7) is 6.12. The Balaban J connectivity index is 1.89. The minimum absolute atomic E-state index is 0.585. The molecule has 0 heterocycles. The van der Waals surface area contributed by atoms with Crippen molar-refractivity contribution in [3.63, 3.8) is 0 Å². The van der Waals surface area contributed by atoms with Gasteiger partial charge in [0.2, 0.25) is 0 Å². The van der Waals surface area contributed by atoms with Crippen molar-refractivity contribution in [3.05, 3.63) is 68.7 Å². The number of nitrogens with one attached hydrogen (secondary N) is 1. The second kappa shape index (κ2) is 7.26. The van der Waals surface area contributed by atoms with Gasteiger partial charge in [-0.25, -0.2) is 0 Å². The molecular formula is C17H19BrClN. The molecule has 3 heteroatoms. The summed E-state index contributed by atoms with van der Waals surface area (Å²) in [5.41, 5.74) is 3.90. The third-order valence-corrected chi connectivity index (χ3v) is 4.28. The Morgan fingerprint density at radius 3 is 2.35 bits per heavy atom. The van der Waals surface area contributed by atoms with Crippen LogP contribution in [-0.4, -0.2) is 0 Å². The van der Waals surface area contributed by atoms with Crippen molar-refractivity contribution in [1.82, 2.24) is 5.32 Å². The molecule has 0 spiro atoms. The maximum absolute atomic E-state index is 5.94. The largest absolute Gasteiger partial charge is 0.309 e. The first-order chi connectivity index (χ1) is 9.56. The molecule has 0 aromatic heterocycles. The van der Waals surface area contributed by atoms with E-state index in [1.807, 2.05) is 18.2 Å². The van der Waals surface area contributed by atoms with Crippen molar-refractivity contribution in [2.45, 2.75) is 32.9 Å². The monoisotopic (exact) mass is 351 g/mol. The number of benzene rings is 2. The molecule has 0 amide bonds. The smallest absolute Gasteiger partial charge is 0.0417 e. The van der Waals surface area contributed by atoms with Gasteiger partial charge in [-0.15, -0.1) is 0 Å². The van der Waals surface area contributed by atoms with E-state index in [1.165, 1.54) is 16.7 Å². The van der Waals surface area contributed by atoms with Gasteiger partial charge in [0.05, 0.1) is 0 Å². The highest BCUT2D eigenvalue weighted by Crippen LogP contribution is 2.21. The molecule has 1 nitrogen and oxygen atoms in total. The first-order valence-corrected chi connectivity index (χ1v) is 7.97. The Labute approximate surface area is 134 Å². The van der Waals surface area contributed by atoms with Crippen LogP contribution in [0.5, 0.6) is 0 Å². The van der Waals surface area contributed by atoms with Gasteiger partial charge in [0.15, 0.2) is 0 Å². The van der Waals surface area contributed by atoms with Crippen LogP contribution < -0.4 is 5.32 Å². The second-order valence-electron chi connectivity index (χ2n) is 5.24. The summed E-state index contributed by atoms with van der Waals surface area (Å²) in [7, 11) is 0. The molecule has 0 aliphatic carbocycles. The van der Waals surface area contributed by atoms with Crippen LogP contribution in [0.1, 0.15) is 36.5 Å². The van der Waals surface area contributed by atoms with Gasteiger partial charge in [-0.3, -0.25) is 0 Å². The van der Waals surface area contributed by atoms with Gasteiger partial charge >= 0.3 is 0 Å². The van der Waals surface area contributed by atoms with E-state index in [1.54, 1.807) is 0 Å². The molecule has 0 aliphatic heterocycles. The van der Waals surface area contributed by atoms with Crippen LogP contribution in [0, 0.1) is 0 Å². The second-order valence-corrected chi connectivity index (χ2v) is 6.53. The zero-order valence-electron chi connectivity index (χ0n) is 11.8. The summed E-state index contributed by atoms with van der Waals surface area (Å²) in [6.07, 6.45) is 0. The van der Waals surface area contributed by atoms with Crippen LogP contribution in [0.15, 0.2) is 46.9 Å². The minimum atomic E-state index is 0.585. The van der Waals surface area contributed by atoms with Crippen molar-refractivity contribution in [2.75, 3.05) is 0 Å². The Morgan fingerprint density at radius 1 is 1.05 bits per heavy atom. The van der Waals surface area contributed by atoms with Gasteiger partial charge in [-0.1, -0.05) is 71.7 Å². The zero-order valence-corrected chi connectivity index (χ0v) is 14.1. The highest BCUT2D eigenvalue weighted by atomic mass is 79.9. The minimum Gasteiger partial charge on any atom is -0.309 e. The first kappa shape index (κ1) is 15.6. The first-order valence-electron chi connectivity index (χ1n) is 6.79. The molecule has 0 unspecified atom stereocenters. The van der Waals surface area contributed by atoms with Crippen molar-refractivity contribution in [1.29, 1.82) is 0 Å². The van der Waals surface area contributed by atoms with Gasteiger partial charge in [0.25, 0.3) is 0 Å². The number of hydrogen-bond donors (Lipinski definition) is 1. The lowest BCUT2D eigenvalue weighted by atomic mass is 10.0. The van der Waals surface area contributed by atoms with E-state index in [4.69, 9.17) is 11.6 Å². The van der Waals surface area contributed by atoms with Crippen LogP contribution in [0.4, 0.5) is 0 Å². The van der Waals surface area contributed by atoms with Crippen molar-refractivity contribution >= 4 is 27.5 Å². The fourth-order valence-electron chi connectivity index (χ4n) is 2.03. The Bertz CT molecular complexity index is 564. The highest BCUT2D eigenvalue weighted by molar-refractivity contribution is 9.10. The molecule has 0 aliphatic rings. The van der Waals surface area contributed by atoms with Gasteiger partial charge in [-0.05, 0) is 34.7 Å². The zero-order chi connectivity index (χ0) is 14.5. The molecule has 106 valence electrons. The van der Waals surface area contributed by atoms with Crippen LogP contribution >= 0.6 is 27.5 Å². The molecular weight excluding hydrogens is 334 g/mol. The molecule has 20 heavy (non-hydrogen) atoms. The predicted molar refractivity (Wildman–Crippen MR) is 90.2 cm³/mol.